The van der Waals surface area contributed by atoms with E-state index < -0.39 is 0 Å². The maximum absolute atomic E-state index is 12.3. The molecule has 0 spiro atoms. The van der Waals surface area contributed by atoms with Gasteiger partial charge in [-0.15, -0.1) is 0 Å². The van der Waals surface area contributed by atoms with E-state index in [-0.39, 0.29) is 24.4 Å². The average Bonchev–Trinajstić information content (AvgIpc) is 3.02. The molecule has 1 N–H and O–H groups in total. The summed E-state index contributed by atoms with van der Waals surface area (Å²) in [6.45, 7) is 3.01. The molecule has 6 nitrogen and oxygen atoms in total. The summed E-state index contributed by atoms with van der Waals surface area (Å²) < 4.78 is 11.2. The van der Waals surface area contributed by atoms with Gasteiger partial charge >= 0.3 is 5.97 Å². The lowest BCUT2D eigenvalue weighted by Gasteiger charge is -2.32. The van der Waals surface area contributed by atoms with Gasteiger partial charge in [-0.3, -0.25) is 14.5 Å². The molecule has 27 heavy (non-hydrogen) atoms. The Morgan fingerprint density at radius 3 is 2.93 bits per heavy atom. The molecule has 2 aliphatic rings. The normalized spacial score (nSPS) is 19.4. The number of rotatable bonds is 5. The molecule has 0 aromatic heterocycles. The summed E-state index contributed by atoms with van der Waals surface area (Å²) in [4.78, 5) is 26.0. The SMILES string of the molecule is O=C1Cc2cc(OC(=O)CC3CN(Cc4ccccc4)CCO3)ccc2N1. The molecule has 140 valence electrons. The molecule has 2 aromatic carbocycles. The first-order chi connectivity index (χ1) is 13.2. The van der Waals surface area contributed by atoms with Gasteiger partial charge in [0, 0.05) is 25.3 Å². The van der Waals surface area contributed by atoms with Crippen molar-refractivity contribution in [1.29, 1.82) is 0 Å². The van der Waals surface area contributed by atoms with Crippen LogP contribution in [0.3, 0.4) is 0 Å². The van der Waals surface area contributed by atoms with Gasteiger partial charge in [-0.2, -0.15) is 0 Å². The summed E-state index contributed by atoms with van der Waals surface area (Å²) in [6.07, 6.45) is 0.355. The van der Waals surface area contributed by atoms with E-state index >= 15 is 0 Å². The molecule has 4 rings (SSSR count). The lowest BCUT2D eigenvalue weighted by Crippen LogP contribution is -2.43. The van der Waals surface area contributed by atoms with Gasteiger partial charge in [0.15, 0.2) is 0 Å². The molecule has 0 bridgehead atoms. The largest absolute Gasteiger partial charge is 0.426 e. The molecule has 2 aliphatic heterocycles. The first kappa shape index (κ1) is 17.7. The van der Waals surface area contributed by atoms with E-state index in [9.17, 15) is 9.59 Å². The van der Waals surface area contributed by atoms with E-state index in [2.05, 4.69) is 22.3 Å². The van der Waals surface area contributed by atoms with Gasteiger partial charge in [0.25, 0.3) is 0 Å². The van der Waals surface area contributed by atoms with Crippen molar-refractivity contribution in [3.05, 3.63) is 59.7 Å². The second kappa shape index (κ2) is 7.90. The minimum Gasteiger partial charge on any atom is -0.426 e. The fraction of sp³-hybridized carbons (Fsp3) is 0.333. The van der Waals surface area contributed by atoms with Crippen molar-refractivity contribution in [2.24, 2.45) is 0 Å². The summed E-state index contributed by atoms with van der Waals surface area (Å²) in [5.74, 6) is 0.105. The van der Waals surface area contributed by atoms with Crippen LogP contribution in [0.25, 0.3) is 0 Å². The molecule has 2 heterocycles. The Balaban J connectivity index is 1.30. The van der Waals surface area contributed by atoms with Crippen LogP contribution in [0.15, 0.2) is 48.5 Å². The third kappa shape index (κ3) is 4.53. The number of carbonyl (C=O) groups is 2. The molecular formula is C21H22N2O4. The molecule has 1 amide bonds. The Morgan fingerprint density at radius 1 is 1.22 bits per heavy atom. The Hall–Kier alpha value is -2.70. The molecular weight excluding hydrogens is 344 g/mol. The summed E-state index contributed by atoms with van der Waals surface area (Å²) in [5, 5.41) is 2.76. The number of nitrogens with one attached hydrogen (secondary N) is 1. The number of morpholine rings is 1. The van der Waals surface area contributed by atoms with E-state index in [4.69, 9.17) is 9.47 Å². The van der Waals surface area contributed by atoms with E-state index in [0.717, 1.165) is 24.3 Å². The quantitative estimate of drug-likeness (QED) is 0.650. The molecule has 2 aromatic rings. The number of benzene rings is 2. The van der Waals surface area contributed by atoms with Crippen molar-refractivity contribution in [2.75, 3.05) is 25.0 Å². The highest BCUT2D eigenvalue weighted by atomic mass is 16.5. The van der Waals surface area contributed by atoms with Gasteiger partial charge in [0.2, 0.25) is 5.91 Å². The fourth-order valence-corrected chi connectivity index (χ4v) is 3.52. The first-order valence-corrected chi connectivity index (χ1v) is 9.17. The third-order valence-corrected chi connectivity index (χ3v) is 4.80. The van der Waals surface area contributed by atoms with Crippen LogP contribution >= 0.6 is 0 Å². The molecule has 0 aliphatic carbocycles. The van der Waals surface area contributed by atoms with Crippen LogP contribution in [0.5, 0.6) is 5.75 Å². The van der Waals surface area contributed by atoms with Gasteiger partial charge in [-0.25, -0.2) is 0 Å². The van der Waals surface area contributed by atoms with Gasteiger partial charge in [0.1, 0.15) is 5.75 Å². The van der Waals surface area contributed by atoms with Crippen LogP contribution in [0, 0.1) is 0 Å². The highest BCUT2D eigenvalue weighted by Gasteiger charge is 2.24. The minimum atomic E-state index is -0.321. The smallest absolute Gasteiger partial charge is 0.313 e. The lowest BCUT2D eigenvalue weighted by atomic mass is 10.1. The third-order valence-electron chi connectivity index (χ3n) is 4.80. The van der Waals surface area contributed by atoms with Crippen LogP contribution in [-0.4, -0.2) is 42.6 Å². The number of anilines is 1. The number of hydrogen-bond donors (Lipinski definition) is 1. The number of ether oxygens (including phenoxy) is 2. The maximum Gasteiger partial charge on any atom is 0.313 e. The van der Waals surface area contributed by atoms with E-state index in [1.165, 1.54) is 5.56 Å². The zero-order valence-corrected chi connectivity index (χ0v) is 15.0. The van der Waals surface area contributed by atoms with Crippen molar-refractivity contribution in [1.82, 2.24) is 4.90 Å². The van der Waals surface area contributed by atoms with Gasteiger partial charge in [0.05, 0.1) is 25.6 Å². The van der Waals surface area contributed by atoms with Gasteiger partial charge in [-0.1, -0.05) is 30.3 Å². The number of hydrogen-bond acceptors (Lipinski definition) is 5. The van der Waals surface area contributed by atoms with Crippen LogP contribution in [0.1, 0.15) is 17.5 Å². The Labute approximate surface area is 158 Å². The highest BCUT2D eigenvalue weighted by molar-refractivity contribution is 5.99. The standard InChI is InChI=1S/C21H22N2O4/c24-20-11-16-10-17(6-7-19(16)22-20)27-21(25)12-18-14-23(8-9-26-18)13-15-4-2-1-3-5-15/h1-7,10,18H,8-9,11-14H2,(H,22,24). The molecule has 1 fully saturated rings. The number of amides is 1. The zero-order valence-electron chi connectivity index (χ0n) is 15.0. The summed E-state index contributed by atoms with van der Waals surface area (Å²) >= 11 is 0. The van der Waals surface area contributed by atoms with E-state index in [1.807, 2.05) is 18.2 Å². The second-order valence-corrected chi connectivity index (χ2v) is 6.94. The fourth-order valence-electron chi connectivity index (χ4n) is 3.52. The van der Waals surface area contributed by atoms with Crippen LogP contribution < -0.4 is 10.1 Å². The average molecular weight is 366 g/mol. The van der Waals surface area contributed by atoms with E-state index in [1.54, 1.807) is 18.2 Å². The van der Waals surface area contributed by atoms with Crippen molar-refractivity contribution in [2.45, 2.75) is 25.5 Å². The Bertz CT molecular complexity index is 837. The topological polar surface area (TPSA) is 67.9 Å². The molecule has 0 radical (unpaired) electrons. The highest BCUT2D eigenvalue weighted by Crippen LogP contribution is 2.27. The molecule has 1 saturated heterocycles. The summed E-state index contributed by atoms with van der Waals surface area (Å²) in [7, 11) is 0. The second-order valence-electron chi connectivity index (χ2n) is 6.94. The summed E-state index contributed by atoms with van der Waals surface area (Å²) in [6, 6.07) is 15.5. The van der Waals surface area contributed by atoms with Gasteiger partial charge in [-0.05, 0) is 29.3 Å². The van der Waals surface area contributed by atoms with Crippen molar-refractivity contribution < 1.29 is 19.1 Å². The Morgan fingerprint density at radius 2 is 2.07 bits per heavy atom. The van der Waals surface area contributed by atoms with Crippen molar-refractivity contribution >= 4 is 17.6 Å². The summed E-state index contributed by atoms with van der Waals surface area (Å²) in [5.41, 5.74) is 2.89. The predicted octanol–water partition coefficient (Wildman–Crippen LogP) is 2.38. The van der Waals surface area contributed by atoms with Crippen molar-refractivity contribution in [3.8, 4) is 5.75 Å². The monoisotopic (exact) mass is 366 g/mol. The van der Waals surface area contributed by atoms with Gasteiger partial charge < -0.3 is 14.8 Å². The maximum atomic E-state index is 12.3. The Kier molecular flexibility index (Phi) is 5.18. The molecule has 0 saturated carbocycles. The zero-order chi connectivity index (χ0) is 18.6. The number of esters is 1. The van der Waals surface area contributed by atoms with Crippen molar-refractivity contribution in [3.63, 3.8) is 0 Å². The first-order valence-electron chi connectivity index (χ1n) is 9.17. The van der Waals surface area contributed by atoms with Crippen LogP contribution in [-0.2, 0) is 27.3 Å². The number of fused-ring (bicyclic) bond motifs is 1. The number of carbonyl (C=O) groups excluding carboxylic acids is 2. The van der Waals surface area contributed by atoms with E-state index in [0.29, 0.717) is 25.3 Å². The lowest BCUT2D eigenvalue weighted by molar-refractivity contribution is -0.139. The minimum absolute atomic E-state index is 0.0393. The predicted molar refractivity (Wildman–Crippen MR) is 100 cm³/mol. The molecule has 6 heteroatoms. The number of nitrogens with zero attached hydrogens (tertiary/aromatic N) is 1. The van der Waals surface area contributed by atoms with Crippen LogP contribution in [0.4, 0.5) is 5.69 Å². The molecule has 1 unspecified atom stereocenters. The molecule has 1 atom stereocenters. The van der Waals surface area contributed by atoms with Crippen LogP contribution in [0.2, 0.25) is 0 Å².